The molecule has 0 spiro atoms. The number of rotatable bonds is 5. The van der Waals surface area contributed by atoms with Crippen molar-refractivity contribution in [3.8, 4) is 0 Å². The number of carboxylic acids is 1. The first kappa shape index (κ1) is 16.1. The van der Waals surface area contributed by atoms with Gasteiger partial charge in [0, 0.05) is 5.92 Å². The van der Waals surface area contributed by atoms with Crippen molar-refractivity contribution in [2.45, 2.75) is 32.2 Å². The molecular formula is C15H17Cl2NO3. The van der Waals surface area contributed by atoms with Gasteiger partial charge in [0.1, 0.15) is 6.04 Å². The van der Waals surface area contributed by atoms with Crippen LogP contribution in [0.5, 0.6) is 0 Å². The molecule has 1 saturated carbocycles. The third kappa shape index (κ3) is 3.50. The summed E-state index contributed by atoms with van der Waals surface area (Å²) in [4.78, 5) is 23.3. The molecule has 1 aliphatic carbocycles. The summed E-state index contributed by atoms with van der Waals surface area (Å²) in [6.07, 6.45) is 0.663. The van der Waals surface area contributed by atoms with E-state index in [1.807, 2.05) is 6.07 Å². The number of halogens is 2. The fraction of sp³-hybridized carbons (Fsp3) is 0.467. The normalized spacial score (nSPS) is 22.0. The average Bonchev–Trinajstić information content (AvgIpc) is 3.18. The average molecular weight is 330 g/mol. The minimum Gasteiger partial charge on any atom is -0.480 e. The molecule has 0 aliphatic heterocycles. The molecule has 114 valence electrons. The summed E-state index contributed by atoms with van der Waals surface area (Å²) in [5, 5.41) is 12.6. The molecule has 0 bridgehead atoms. The summed E-state index contributed by atoms with van der Waals surface area (Å²) in [6, 6.07) is 4.48. The maximum atomic E-state index is 12.2. The molecule has 1 aliphatic rings. The number of amides is 1. The van der Waals surface area contributed by atoms with E-state index in [4.69, 9.17) is 28.3 Å². The van der Waals surface area contributed by atoms with E-state index in [1.54, 1.807) is 26.0 Å². The molecule has 3 unspecified atom stereocenters. The third-order valence-corrected chi connectivity index (χ3v) is 4.57. The Balaban J connectivity index is 2.04. The Morgan fingerprint density at radius 1 is 1.33 bits per heavy atom. The van der Waals surface area contributed by atoms with E-state index in [1.165, 1.54) is 0 Å². The number of hydrogen-bond donors (Lipinski definition) is 2. The largest absolute Gasteiger partial charge is 0.480 e. The predicted octanol–water partition coefficient (Wildman–Crippen LogP) is 3.32. The molecular weight excluding hydrogens is 313 g/mol. The second kappa shape index (κ2) is 6.24. The fourth-order valence-electron chi connectivity index (χ4n) is 2.41. The van der Waals surface area contributed by atoms with Crippen molar-refractivity contribution in [3.63, 3.8) is 0 Å². The molecule has 0 heterocycles. The van der Waals surface area contributed by atoms with Gasteiger partial charge in [-0.25, -0.2) is 4.79 Å². The van der Waals surface area contributed by atoms with Gasteiger partial charge in [-0.15, -0.1) is 0 Å². The summed E-state index contributed by atoms with van der Waals surface area (Å²) in [7, 11) is 0. The Morgan fingerprint density at radius 2 is 2.00 bits per heavy atom. The predicted molar refractivity (Wildman–Crippen MR) is 81.7 cm³/mol. The summed E-state index contributed by atoms with van der Waals surface area (Å²) in [5.74, 6) is -1.65. The molecule has 3 atom stereocenters. The zero-order chi connectivity index (χ0) is 15.7. The zero-order valence-electron chi connectivity index (χ0n) is 11.8. The van der Waals surface area contributed by atoms with Crippen molar-refractivity contribution in [1.29, 1.82) is 0 Å². The standard InChI is InChI=1S/C15H17Cl2NO3/c1-7(2)13(15(20)21)18-14(19)10-6-9(10)8-4-3-5-11(16)12(8)17/h3-5,7,9-10,13H,6H2,1-2H3,(H,18,19)(H,20,21). The van der Waals surface area contributed by atoms with Gasteiger partial charge in [0.25, 0.3) is 0 Å². The van der Waals surface area contributed by atoms with Crippen molar-refractivity contribution >= 4 is 35.1 Å². The maximum absolute atomic E-state index is 12.2. The number of benzene rings is 1. The van der Waals surface area contributed by atoms with Crippen molar-refractivity contribution in [1.82, 2.24) is 5.32 Å². The van der Waals surface area contributed by atoms with Crippen LogP contribution in [-0.4, -0.2) is 23.0 Å². The first-order valence-corrected chi connectivity index (χ1v) is 7.55. The van der Waals surface area contributed by atoms with Crippen LogP contribution in [-0.2, 0) is 9.59 Å². The summed E-state index contributed by atoms with van der Waals surface area (Å²) >= 11 is 12.1. The Labute approximate surface area is 133 Å². The molecule has 0 saturated heterocycles. The molecule has 2 rings (SSSR count). The molecule has 1 aromatic rings. The van der Waals surface area contributed by atoms with E-state index in [0.29, 0.717) is 16.5 Å². The number of nitrogens with one attached hydrogen (secondary N) is 1. The van der Waals surface area contributed by atoms with Crippen molar-refractivity contribution in [2.75, 3.05) is 0 Å². The molecule has 1 amide bonds. The van der Waals surface area contributed by atoms with Crippen LogP contribution in [0.2, 0.25) is 10.0 Å². The highest BCUT2D eigenvalue weighted by molar-refractivity contribution is 6.42. The van der Waals surface area contributed by atoms with Gasteiger partial charge >= 0.3 is 5.97 Å². The number of carboxylic acid groups (broad SMARTS) is 1. The zero-order valence-corrected chi connectivity index (χ0v) is 13.3. The molecule has 4 nitrogen and oxygen atoms in total. The van der Waals surface area contributed by atoms with E-state index in [0.717, 1.165) is 5.56 Å². The number of aliphatic carboxylic acids is 1. The van der Waals surface area contributed by atoms with Crippen molar-refractivity contribution in [3.05, 3.63) is 33.8 Å². The van der Waals surface area contributed by atoms with Gasteiger partial charge in [-0.05, 0) is 29.9 Å². The Morgan fingerprint density at radius 3 is 2.57 bits per heavy atom. The van der Waals surface area contributed by atoms with Crippen LogP contribution in [0.3, 0.4) is 0 Å². The van der Waals surface area contributed by atoms with E-state index < -0.39 is 12.0 Å². The third-order valence-electron chi connectivity index (χ3n) is 3.74. The van der Waals surface area contributed by atoms with E-state index in [-0.39, 0.29) is 23.7 Å². The van der Waals surface area contributed by atoms with Gasteiger partial charge in [-0.2, -0.15) is 0 Å². The minimum atomic E-state index is -1.02. The lowest BCUT2D eigenvalue weighted by atomic mass is 10.0. The van der Waals surface area contributed by atoms with E-state index in [9.17, 15) is 9.59 Å². The van der Waals surface area contributed by atoms with Crippen LogP contribution in [0.1, 0.15) is 31.7 Å². The molecule has 1 fully saturated rings. The summed E-state index contributed by atoms with van der Waals surface area (Å²) < 4.78 is 0. The monoisotopic (exact) mass is 329 g/mol. The van der Waals surface area contributed by atoms with Crippen molar-refractivity contribution < 1.29 is 14.7 Å². The molecule has 21 heavy (non-hydrogen) atoms. The van der Waals surface area contributed by atoms with Crippen LogP contribution in [0.4, 0.5) is 0 Å². The van der Waals surface area contributed by atoms with Gasteiger partial charge in [0.15, 0.2) is 0 Å². The lowest BCUT2D eigenvalue weighted by Crippen LogP contribution is -2.45. The number of carbonyl (C=O) groups excluding carboxylic acids is 1. The Kier molecular flexibility index (Phi) is 4.79. The first-order chi connectivity index (χ1) is 9.82. The van der Waals surface area contributed by atoms with Crippen LogP contribution in [0.15, 0.2) is 18.2 Å². The molecule has 2 N–H and O–H groups in total. The van der Waals surface area contributed by atoms with Crippen LogP contribution in [0, 0.1) is 11.8 Å². The molecule has 1 aromatic carbocycles. The lowest BCUT2D eigenvalue weighted by molar-refractivity contribution is -0.143. The fourth-order valence-corrected chi connectivity index (χ4v) is 2.86. The Bertz CT molecular complexity index is 574. The van der Waals surface area contributed by atoms with Crippen LogP contribution in [0.25, 0.3) is 0 Å². The topological polar surface area (TPSA) is 66.4 Å². The summed E-state index contributed by atoms with van der Waals surface area (Å²) in [5.41, 5.74) is 0.848. The van der Waals surface area contributed by atoms with Crippen LogP contribution >= 0.6 is 23.2 Å². The van der Waals surface area contributed by atoms with E-state index >= 15 is 0 Å². The van der Waals surface area contributed by atoms with Gasteiger partial charge in [-0.1, -0.05) is 49.2 Å². The number of carbonyl (C=O) groups is 2. The quantitative estimate of drug-likeness (QED) is 0.870. The lowest BCUT2D eigenvalue weighted by Gasteiger charge is -2.18. The highest BCUT2D eigenvalue weighted by Crippen LogP contribution is 2.50. The highest BCUT2D eigenvalue weighted by atomic mass is 35.5. The van der Waals surface area contributed by atoms with E-state index in [2.05, 4.69) is 5.32 Å². The first-order valence-electron chi connectivity index (χ1n) is 6.80. The molecule has 6 heteroatoms. The van der Waals surface area contributed by atoms with Gasteiger partial charge in [-0.3, -0.25) is 4.79 Å². The van der Waals surface area contributed by atoms with Gasteiger partial charge in [0.2, 0.25) is 5.91 Å². The molecule has 0 aromatic heterocycles. The molecule has 0 radical (unpaired) electrons. The highest BCUT2D eigenvalue weighted by Gasteiger charge is 2.46. The van der Waals surface area contributed by atoms with Gasteiger partial charge < -0.3 is 10.4 Å². The van der Waals surface area contributed by atoms with Crippen LogP contribution < -0.4 is 5.32 Å². The maximum Gasteiger partial charge on any atom is 0.326 e. The van der Waals surface area contributed by atoms with Gasteiger partial charge in [0.05, 0.1) is 10.0 Å². The SMILES string of the molecule is CC(C)C(NC(=O)C1CC1c1cccc(Cl)c1Cl)C(=O)O. The second-order valence-corrected chi connectivity index (χ2v) is 6.45. The summed E-state index contributed by atoms with van der Waals surface area (Å²) in [6.45, 7) is 3.52. The number of hydrogen-bond acceptors (Lipinski definition) is 2. The smallest absolute Gasteiger partial charge is 0.326 e. The second-order valence-electron chi connectivity index (χ2n) is 5.66. The van der Waals surface area contributed by atoms with Crippen molar-refractivity contribution in [2.24, 2.45) is 11.8 Å². The minimum absolute atomic E-state index is 0.0119. The Hall–Kier alpha value is -1.26.